The number of rotatable bonds is 7. The molecule has 18 heavy (non-hydrogen) atoms. The zero-order chi connectivity index (χ0) is 13.6. The Hall–Kier alpha value is -1.06. The van der Waals surface area contributed by atoms with Gasteiger partial charge < -0.3 is 15.2 Å². The third kappa shape index (κ3) is 5.52. The van der Waals surface area contributed by atoms with Crippen molar-refractivity contribution in [3.63, 3.8) is 0 Å². The lowest BCUT2D eigenvalue weighted by Gasteiger charge is -2.18. The molecule has 0 amide bonds. The molecule has 3 nitrogen and oxygen atoms in total. The van der Waals surface area contributed by atoms with Crippen molar-refractivity contribution < 1.29 is 9.84 Å². The van der Waals surface area contributed by atoms with Crippen LogP contribution in [-0.2, 0) is 0 Å². The fourth-order valence-corrected chi connectivity index (χ4v) is 1.72. The lowest BCUT2D eigenvalue weighted by Crippen LogP contribution is -2.22. The molecule has 1 rings (SSSR count). The predicted octanol–water partition coefficient (Wildman–Crippen LogP) is 2.90. The van der Waals surface area contributed by atoms with Crippen molar-refractivity contribution in [2.45, 2.75) is 45.8 Å². The molecular formula is C15H25NO2. The molecule has 102 valence electrons. The lowest BCUT2D eigenvalue weighted by atomic mass is 10.1. The molecule has 0 aromatic heterocycles. The van der Waals surface area contributed by atoms with Gasteiger partial charge >= 0.3 is 0 Å². The Labute approximate surface area is 110 Å². The highest BCUT2D eigenvalue weighted by atomic mass is 16.5. The largest absolute Gasteiger partial charge is 0.493 e. The Morgan fingerprint density at radius 1 is 1.39 bits per heavy atom. The Balaban J connectivity index is 2.54. The SMILES string of the molecule is CCNC(C)c1cccc(OCCC(C)(C)O)c1. The molecule has 0 aliphatic rings. The number of nitrogens with one attached hydrogen (secondary N) is 1. The summed E-state index contributed by atoms with van der Waals surface area (Å²) >= 11 is 0. The minimum atomic E-state index is -0.672. The van der Waals surface area contributed by atoms with Gasteiger partial charge in [-0.05, 0) is 45.0 Å². The van der Waals surface area contributed by atoms with Crippen LogP contribution in [0.15, 0.2) is 24.3 Å². The molecule has 1 atom stereocenters. The minimum absolute atomic E-state index is 0.327. The number of benzene rings is 1. The second-order valence-electron chi connectivity index (χ2n) is 5.26. The van der Waals surface area contributed by atoms with Gasteiger partial charge in [0.15, 0.2) is 0 Å². The summed E-state index contributed by atoms with van der Waals surface area (Å²) in [5.74, 6) is 0.863. The molecule has 0 aliphatic heterocycles. The van der Waals surface area contributed by atoms with Crippen LogP contribution in [0.3, 0.4) is 0 Å². The molecule has 1 aromatic rings. The van der Waals surface area contributed by atoms with Crippen LogP contribution in [0, 0.1) is 0 Å². The molecule has 0 spiro atoms. The van der Waals surface area contributed by atoms with E-state index in [1.807, 2.05) is 12.1 Å². The fourth-order valence-electron chi connectivity index (χ4n) is 1.72. The van der Waals surface area contributed by atoms with Gasteiger partial charge in [0.1, 0.15) is 5.75 Å². The highest BCUT2D eigenvalue weighted by Gasteiger charge is 2.12. The van der Waals surface area contributed by atoms with Gasteiger partial charge in [-0.15, -0.1) is 0 Å². The topological polar surface area (TPSA) is 41.5 Å². The van der Waals surface area contributed by atoms with Crippen molar-refractivity contribution in [1.82, 2.24) is 5.32 Å². The van der Waals surface area contributed by atoms with Gasteiger partial charge in [-0.25, -0.2) is 0 Å². The quantitative estimate of drug-likeness (QED) is 0.783. The van der Waals surface area contributed by atoms with Crippen LogP contribution in [0.2, 0.25) is 0 Å². The van der Waals surface area contributed by atoms with E-state index < -0.39 is 5.60 Å². The van der Waals surface area contributed by atoms with Crippen LogP contribution < -0.4 is 10.1 Å². The molecular weight excluding hydrogens is 226 g/mol. The van der Waals surface area contributed by atoms with E-state index in [1.54, 1.807) is 13.8 Å². The van der Waals surface area contributed by atoms with Gasteiger partial charge in [-0.3, -0.25) is 0 Å². The van der Waals surface area contributed by atoms with Gasteiger partial charge in [-0.1, -0.05) is 19.1 Å². The van der Waals surface area contributed by atoms with Gasteiger partial charge in [0, 0.05) is 12.5 Å². The smallest absolute Gasteiger partial charge is 0.119 e. The van der Waals surface area contributed by atoms with Gasteiger partial charge in [0.2, 0.25) is 0 Å². The van der Waals surface area contributed by atoms with E-state index in [-0.39, 0.29) is 0 Å². The monoisotopic (exact) mass is 251 g/mol. The van der Waals surface area contributed by atoms with Crippen LogP contribution in [0.1, 0.15) is 45.7 Å². The molecule has 0 radical (unpaired) electrons. The number of aliphatic hydroxyl groups is 1. The van der Waals surface area contributed by atoms with E-state index >= 15 is 0 Å². The molecule has 0 heterocycles. The average molecular weight is 251 g/mol. The first-order valence-corrected chi connectivity index (χ1v) is 6.61. The minimum Gasteiger partial charge on any atom is -0.493 e. The normalized spacial score (nSPS) is 13.4. The molecule has 0 saturated carbocycles. The van der Waals surface area contributed by atoms with E-state index in [0.717, 1.165) is 12.3 Å². The van der Waals surface area contributed by atoms with Crippen LogP contribution in [0.25, 0.3) is 0 Å². The molecule has 2 N–H and O–H groups in total. The molecule has 3 heteroatoms. The highest BCUT2D eigenvalue weighted by Crippen LogP contribution is 2.19. The summed E-state index contributed by atoms with van der Waals surface area (Å²) < 4.78 is 5.66. The number of hydrogen-bond donors (Lipinski definition) is 2. The third-order valence-corrected chi connectivity index (χ3v) is 2.85. The van der Waals surface area contributed by atoms with Crippen molar-refractivity contribution in [2.75, 3.05) is 13.2 Å². The summed E-state index contributed by atoms with van der Waals surface area (Å²) in [6.45, 7) is 9.30. The summed E-state index contributed by atoms with van der Waals surface area (Å²) in [5.41, 5.74) is 0.548. The summed E-state index contributed by atoms with van der Waals surface area (Å²) in [7, 11) is 0. The van der Waals surface area contributed by atoms with Crippen molar-refractivity contribution in [1.29, 1.82) is 0 Å². The van der Waals surface area contributed by atoms with Gasteiger partial charge in [0.25, 0.3) is 0 Å². The second-order valence-corrected chi connectivity index (χ2v) is 5.26. The summed E-state index contributed by atoms with van der Waals surface area (Å²) in [6, 6.07) is 8.43. The summed E-state index contributed by atoms with van der Waals surface area (Å²) in [4.78, 5) is 0. The Morgan fingerprint density at radius 2 is 2.11 bits per heavy atom. The maximum Gasteiger partial charge on any atom is 0.119 e. The Bertz CT molecular complexity index is 358. The standard InChI is InChI=1S/C15H25NO2/c1-5-16-12(2)13-7-6-8-14(11-13)18-10-9-15(3,4)17/h6-8,11-12,16-17H,5,9-10H2,1-4H3. The number of ether oxygens (including phenoxy) is 1. The molecule has 0 fully saturated rings. The number of hydrogen-bond acceptors (Lipinski definition) is 3. The summed E-state index contributed by atoms with van der Waals surface area (Å²) in [5, 5.41) is 13.0. The molecule has 0 saturated heterocycles. The zero-order valence-electron chi connectivity index (χ0n) is 11.9. The molecule has 1 aromatic carbocycles. The third-order valence-electron chi connectivity index (χ3n) is 2.85. The van der Waals surface area contributed by atoms with Crippen molar-refractivity contribution in [3.8, 4) is 5.75 Å². The lowest BCUT2D eigenvalue weighted by molar-refractivity contribution is 0.0553. The van der Waals surface area contributed by atoms with Crippen molar-refractivity contribution in [3.05, 3.63) is 29.8 Å². The average Bonchev–Trinajstić information content (AvgIpc) is 2.28. The first kappa shape index (κ1) is 15.0. The van der Waals surface area contributed by atoms with Gasteiger partial charge in [0.05, 0.1) is 12.2 Å². The van der Waals surface area contributed by atoms with E-state index in [0.29, 0.717) is 19.1 Å². The first-order chi connectivity index (χ1) is 8.42. The van der Waals surface area contributed by atoms with Crippen LogP contribution in [0.5, 0.6) is 5.75 Å². The van der Waals surface area contributed by atoms with Crippen LogP contribution >= 0.6 is 0 Å². The molecule has 1 unspecified atom stereocenters. The summed E-state index contributed by atoms with van der Waals surface area (Å²) in [6.07, 6.45) is 0.625. The van der Waals surface area contributed by atoms with E-state index in [4.69, 9.17) is 4.74 Å². The Morgan fingerprint density at radius 3 is 2.72 bits per heavy atom. The van der Waals surface area contributed by atoms with Crippen LogP contribution in [-0.4, -0.2) is 23.9 Å². The zero-order valence-corrected chi connectivity index (χ0v) is 11.9. The van der Waals surface area contributed by atoms with E-state index in [2.05, 4.69) is 31.3 Å². The Kier molecular flexibility index (Phi) is 5.63. The molecule has 0 aliphatic carbocycles. The van der Waals surface area contributed by atoms with Gasteiger partial charge in [-0.2, -0.15) is 0 Å². The first-order valence-electron chi connectivity index (χ1n) is 6.61. The maximum absolute atomic E-state index is 9.62. The highest BCUT2D eigenvalue weighted by molar-refractivity contribution is 5.30. The predicted molar refractivity (Wildman–Crippen MR) is 74.9 cm³/mol. The fraction of sp³-hybridized carbons (Fsp3) is 0.600. The second kappa shape index (κ2) is 6.76. The van der Waals surface area contributed by atoms with Crippen molar-refractivity contribution >= 4 is 0 Å². The maximum atomic E-state index is 9.62. The van der Waals surface area contributed by atoms with Crippen LogP contribution in [0.4, 0.5) is 0 Å². The molecule has 0 bridgehead atoms. The van der Waals surface area contributed by atoms with E-state index in [9.17, 15) is 5.11 Å². The van der Waals surface area contributed by atoms with E-state index in [1.165, 1.54) is 5.56 Å². The van der Waals surface area contributed by atoms with Crippen molar-refractivity contribution in [2.24, 2.45) is 0 Å².